The SMILES string of the molecule is Cc1cnccc1C(=O)c1ccco1. The van der Waals surface area contributed by atoms with E-state index >= 15 is 0 Å². The summed E-state index contributed by atoms with van der Waals surface area (Å²) in [5.74, 6) is 0.259. The van der Waals surface area contributed by atoms with Crippen molar-refractivity contribution in [1.29, 1.82) is 0 Å². The number of ketones is 1. The number of furan rings is 1. The number of aryl methyl sites for hydroxylation is 1. The number of nitrogens with zero attached hydrogens (tertiary/aromatic N) is 1. The van der Waals surface area contributed by atoms with E-state index in [1.54, 1.807) is 30.6 Å². The Morgan fingerprint density at radius 1 is 1.43 bits per heavy atom. The van der Waals surface area contributed by atoms with Crippen LogP contribution in [0.1, 0.15) is 21.7 Å². The van der Waals surface area contributed by atoms with Gasteiger partial charge < -0.3 is 4.42 Å². The molecule has 0 aliphatic heterocycles. The van der Waals surface area contributed by atoms with Crippen LogP contribution in [0, 0.1) is 6.92 Å². The van der Waals surface area contributed by atoms with Gasteiger partial charge in [0.15, 0.2) is 5.76 Å². The van der Waals surface area contributed by atoms with Gasteiger partial charge in [0.05, 0.1) is 6.26 Å². The maximum absolute atomic E-state index is 11.8. The molecule has 0 aliphatic carbocycles. The number of rotatable bonds is 2. The molecule has 0 fully saturated rings. The molecule has 2 aromatic rings. The molecular formula is C11H9NO2. The number of pyridine rings is 1. The summed E-state index contributed by atoms with van der Waals surface area (Å²) in [6.45, 7) is 1.85. The number of hydrogen-bond donors (Lipinski definition) is 0. The third-order valence-corrected chi connectivity index (χ3v) is 2.01. The van der Waals surface area contributed by atoms with E-state index in [2.05, 4.69) is 4.98 Å². The van der Waals surface area contributed by atoms with Crippen molar-refractivity contribution in [2.24, 2.45) is 0 Å². The Balaban J connectivity index is 2.42. The first-order chi connectivity index (χ1) is 6.79. The zero-order chi connectivity index (χ0) is 9.97. The highest BCUT2D eigenvalue weighted by Crippen LogP contribution is 2.12. The summed E-state index contributed by atoms with van der Waals surface area (Å²) in [7, 11) is 0. The van der Waals surface area contributed by atoms with Crippen LogP contribution in [-0.4, -0.2) is 10.8 Å². The van der Waals surface area contributed by atoms with Crippen molar-refractivity contribution in [2.45, 2.75) is 6.92 Å². The molecule has 0 aliphatic rings. The molecular weight excluding hydrogens is 178 g/mol. The summed E-state index contributed by atoms with van der Waals surface area (Å²) in [5.41, 5.74) is 1.49. The van der Waals surface area contributed by atoms with Crippen LogP contribution in [0.15, 0.2) is 41.3 Å². The van der Waals surface area contributed by atoms with E-state index in [-0.39, 0.29) is 5.78 Å². The maximum atomic E-state index is 11.8. The van der Waals surface area contributed by atoms with Crippen LogP contribution < -0.4 is 0 Å². The molecule has 0 radical (unpaired) electrons. The lowest BCUT2D eigenvalue weighted by Crippen LogP contribution is -2.02. The Labute approximate surface area is 81.4 Å². The van der Waals surface area contributed by atoms with Crippen LogP contribution in [0.25, 0.3) is 0 Å². The van der Waals surface area contributed by atoms with E-state index in [0.29, 0.717) is 11.3 Å². The molecule has 0 spiro atoms. The average molecular weight is 187 g/mol. The molecule has 0 atom stereocenters. The van der Waals surface area contributed by atoms with Crippen molar-refractivity contribution < 1.29 is 9.21 Å². The maximum Gasteiger partial charge on any atom is 0.228 e. The Kier molecular flexibility index (Phi) is 2.14. The predicted molar refractivity (Wildman–Crippen MR) is 51.1 cm³/mol. The first kappa shape index (κ1) is 8.69. The summed E-state index contributed by atoms with van der Waals surface area (Å²) in [4.78, 5) is 15.7. The minimum absolute atomic E-state index is 0.102. The number of hydrogen-bond acceptors (Lipinski definition) is 3. The lowest BCUT2D eigenvalue weighted by Gasteiger charge is -2.00. The monoisotopic (exact) mass is 187 g/mol. The van der Waals surface area contributed by atoms with Gasteiger partial charge in [-0.3, -0.25) is 9.78 Å². The quantitative estimate of drug-likeness (QED) is 0.677. The molecule has 0 N–H and O–H groups in total. The van der Waals surface area contributed by atoms with Crippen molar-refractivity contribution in [3.8, 4) is 0 Å². The van der Waals surface area contributed by atoms with Gasteiger partial charge in [0.25, 0.3) is 0 Å². The fourth-order valence-electron chi connectivity index (χ4n) is 1.27. The molecule has 0 aromatic carbocycles. The molecule has 2 aromatic heterocycles. The van der Waals surface area contributed by atoms with Crippen molar-refractivity contribution in [1.82, 2.24) is 4.98 Å². The first-order valence-electron chi connectivity index (χ1n) is 4.28. The summed E-state index contributed by atoms with van der Waals surface area (Å²) in [6.07, 6.45) is 4.75. The average Bonchev–Trinajstić information content (AvgIpc) is 2.70. The largest absolute Gasteiger partial charge is 0.461 e. The summed E-state index contributed by atoms with van der Waals surface area (Å²) in [5, 5.41) is 0. The van der Waals surface area contributed by atoms with Gasteiger partial charge in [-0.1, -0.05) is 0 Å². The highest BCUT2D eigenvalue weighted by Gasteiger charge is 2.13. The third-order valence-electron chi connectivity index (χ3n) is 2.01. The minimum Gasteiger partial charge on any atom is -0.461 e. The molecule has 3 heteroatoms. The zero-order valence-corrected chi connectivity index (χ0v) is 7.73. The van der Waals surface area contributed by atoms with Gasteiger partial charge in [0.1, 0.15) is 0 Å². The van der Waals surface area contributed by atoms with E-state index in [0.717, 1.165) is 5.56 Å². The van der Waals surface area contributed by atoms with Gasteiger partial charge in [-0.2, -0.15) is 0 Å². The molecule has 0 amide bonds. The van der Waals surface area contributed by atoms with Crippen LogP contribution in [0.4, 0.5) is 0 Å². The standard InChI is InChI=1S/C11H9NO2/c1-8-7-12-5-4-9(8)11(13)10-3-2-6-14-10/h2-7H,1H3. The van der Waals surface area contributed by atoms with Crippen molar-refractivity contribution in [3.63, 3.8) is 0 Å². The number of carbonyl (C=O) groups is 1. The van der Waals surface area contributed by atoms with Gasteiger partial charge in [0, 0.05) is 18.0 Å². The highest BCUT2D eigenvalue weighted by atomic mass is 16.3. The summed E-state index contributed by atoms with van der Waals surface area (Å²) in [6, 6.07) is 5.05. The second-order valence-electron chi connectivity index (χ2n) is 3.00. The minimum atomic E-state index is -0.102. The van der Waals surface area contributed by atoms with Gasteiger partial charge in [-0.05, 0) is 30.7 Å². The van der Waals surface area contributed by atoms with Crippen LogP contribution in [0.3, 0.4) is 0 Å². The molecule has 2 heterocycles. The van der Waals surface area contributed by atoms with Crippen LogP contribution in [-0.2, 0) is 0 Å². The Bertz CT molecular complexity index is 446. The van der Waals surface area contributed by atoms with Crippen LogP contribution >= 0.6 is 0 Å². The second-order valence-corrected chi connectivity index (χ2v) is 3.00. The van der Waals surface area contributed by atoms with Gasteiger partial charge in [0.2, 0.25) is 5.78 Å². The molecule has 0 saturated heterocycles. The fraction of sp³-hybridized carbons (Fsp3) is 0.0909. The van der Waals surface area contributed by atoms with E-state index in [1.165, 1.54) is 6.26 Å². The summed E-state index contributed by atoms with van der Waals surface area (Å²) < 4.78 is 5.03. The van der Waals surface area contributed by atoms with Crippen LogP contribution in [0.2, 0.25) is 0 Å². The lowest BCUT2D eigenvalue weighted by atomic mass is 10.1. The second kappa shape index (κ2) is 3.46. The molecule has 3 nitrogen and oxygen atoms in total. The molecule has 70 valence electrons. The van der Waals surface area contributed by atoms with Crippen molar-refractivity contribution in [3.05, 3.63) is 53.7 Å². The smallest absolute Gasteiger partial charge is 0.228 e. The topological polar surface area (TPSA) is 43.1 Å². The van der Waals surface area contributed by atoms with Crippen molar-refractivity contribution >= 4 is 5.78 Å². The summed E-state index contributed by atoms with van der Waals surface area (Å²) >= 11 is 0. The zero-order valence-electron chi connectivity index (χ0n) is 7.73. The molecule has 0 unspecified atom stereocenters. The Hall–Kier alpha value is -1.90. The molecule has 0 bridgehead atoms. The molecule has 14 heavy (non-hydrogen) atoms. The first-order valence-corrected chi connectivity index (χ1v) is 4.28. The fourth-order valence-corrected chi connectivity index (χ4v) is 1.27. The normalized spacial score (nSPS) is 10.1. The van der Waals surface area contributed by atoms with Crippen LogP contribution in [0.5, 0.6) is 0 Å². The van der Waals surface area contributed by atoms with Crippen molar-refractivity contribution in [2.75, 3.05) is 0 Å². The van der Waals surface area contributed by atoms with Gasteiger partial charge in [-0.25, -0.2) is 0 Å². The number of carbonyl (C=O) groups excluding carboxylic acids is 1. The van der Waals surface area contributed by atoms with E-state index in [4.69, 9.17) is 4.42 Å². The number of aromatic nitrogens is 1. The van der Waals surface area contributed by atoms with E-state index in [9.17, 15) is 4.79 Å². The predicted octanol–water partition coefficient (Wildman–Crippen LogP) is 2.21. The highest BCUT2D eigenvalue weighted by molar-refractivity contribution is 6.07. The molecule has 2 rings (SSSR count). The molecule has 0 saturated carbocycles. The third kappa shape index (κ3) is 1.44. The van der Waals surface area contributed by atoms with E-state index < -0.39 is 0 Å². The van der Waals surface area contributed by atoms with Gasteiger partial charge >= 0.3 is 0 Å². The van der Waals surface area contributed by atoms with Gasteiger partial charge in [-0.15, -0.1) is 0 Å². The van der Waals surface area contributed by atoms with E-state index in [1.807, 2.05) is 6.92 Å². The lowest BCUT2D eigenvalue weighted by molar-refractivity contribution is 0.101. The Morgan fingerprint density at radius 2 is 2.29 bits per heavy atom. The Morgan fingerprint density at radius 3 is 2.93 bits per heavy atom.